The molecule has 0 radical (unpaired) electrons. The van der Waals surface area contributed by atoms with Gasteiger partial charge in [0.15, 0.2) is 0 Å². The van der Waals surface area contributed by atoms with Gasteiger partial charge in [-0.15, -0.1) is 0 Å². The third kappa shape index (κ3) is 7.32. The van der Waals surface area contributed by atoms with Crippen LogP contribution in [0.2, 0.25) is 0 Å². The lowest BCUT2D eigenvalue weighted by atomic mass is 9.30. The zero-order valence-corrected chi connectivity index (χ0v) is 49.9. The number of nitrogens with zero attached hydrogens (tertiary/aromatic N) is 3. The molecule has 2 aromatic heterocycles. The van der Waals surface area contributed by atoms with Crippen LogP contribution in [0, 0.1) is 0 Å². The van der Waals surface area contributed by atoms with Gasteiger partial charge in [0.1, 0.15) is 33.8 Å². The molecule has 0 bridgehead atoms. The van der Waals surface area contributed by atoms with Gasteiger partial charge in [-0.25, -0.2) is 0 Å². The van der Waals surface area contributed by atoms with Crippen LogP contribution in [0.5, 0.6) is 11.5 Å². The standard InChI is InChI=1S/C80H59B2N3O3/c1-79(2,3)50-40-36-48(37-41-50)53-24-10-16-30-61(53)84-64-45-65-60(44-59(64)81-57-28-14-18-32-63(57)83(52-22-8-7-9-23-52)77-73-55-26-12-19-33-68(55)86-71(73)46-66(84)75(77)81)82-58-29-15-21-35-70(58)88-78-74-56-27-13-20-34-69(56)87-72(74)47-67(76(78)82)85(65)62-31-17-11-25-54(62)49-38-42-51(43-39-49)80(4,5)6/h7-47H,1-6H3. The van der Waals surface area contributed by atoms with Crippen LogP contribution in [0.4, 0.5) is 51.2 Å². The zero-order chi connectivity index (χ0) is 58.9. The largest absolute Gasteiger partial charge is 0.458 e. The lowest BCUT2D eigenvalue weighted by Crippen LogP contribution is -2.64. The van der Waals surface area contributed by atoms with Gasteiger partial charge in [-0.1, -0.05) is 224 Å². The Morgan fingerprint density at radius 2 is 0.795 bits per heavy atom. The number of fused-ring (bicyclic) bond motifs is 16. The molecule has 4 aliphatic rings. The Labute approximate surface area is 512 Å². The average molecular weight is 1130 g/mol. The van der Waals surface area contributed by atoms with Crippen LogP contribution in [0.1, 0.15) is 52.7 Å². The Balaban J connectivity index is 1.00. The third-order valence-corrected chi connectivity index (χ3v) is 19.2. The van der Waals surface area contributed by atoms with E-state index in [1.807, 2.05) is 0 Å². The number of hydrogen-bond donors (Lipinski definition) is 0. The highest BCUT2D eigenvalue weighted by atomic mass is 16.5. The van der Waals surface area contributed by atoms with Crippen molar-refractivity contribution >= 4 is 141 Å². The molecule has 4 aliphatic heterocycles. The summed E-state index contributed by atoms with van der Waals surface area (Å²) >= 11 is 0. The van der Waals surface area contributed by atoms with Crippen LogP contribution in [0.15, 0.2) is 258 Å². The first-order chi connectivity index (χ1) is 42.9. The quantitative estimate of drug-likeness (QED) is 0.160. The molecule has 0 saturated carbocycles. The molecule has 6 heterocycles. The SMILES string of the molecule is CC(C)(C)c1ccc(-c2ccccc2N2c3cc4c(cc3B3c5ccccc5Oc5c3c2cc2oc3ccccc3c52)B2c3ccccc3N(c3ccccc3)c3c2c(cc2oc5ccccc5c32)N4c2ccccc2-c2ccc(C(C)(C)C)cc2)cc1. The number of rotatable bonds is 5. The molecule has 6 nitrogen and oxygen atoms in total. The number of anilines is 9. The van der Waals surface area contributed by atoms with Gasteiger partial charge in [0.05, 0.1) is 27.8 Å². The zero-order valence-electron chi connectivity index (χ0n) is 49.9. The summed E-state index contributed by atoms with van der Waals surface area (Å²) in [5, 5.41) is 4.19. The number of para-hydroxylation sites is 7. The summed E-state index contributed by atoms with van der Waals surface area (Å²) in [6.07, 6.45) is 0. The van der Waals surface area contributed by atoms with Crippen molar-refractivity contribution in [2.75, 3.05) is 14.7 Å². The molecule has 0 amide bonds. The van der Waals surface area contributed by atoms with E-state index >= 15 is 0 Å². The highest BCUT2D eigenvalue weighted by molar-refractivity contribution is 7.03. The van der Waals surface area contributed by atoms with E-state index in [-0.39, 0.29) is 24.3 Å². The summed E-state index contributed by atoms with van der Waals surface area (Å²) in [5.41, 5.74) is 27.2. The van der Waals surface area contributed by atoms with Crippen molar-refractivity contribution in [3.8, 4) is 33.8 Å². The lowest BCUT2D eigenvalue weighted by Gasteiger charge is -2.46. The molecule has 0 N–H and O–H groups in total. The van der Waals surface area contributed by atoms with Gasteiger partial charge in [0, 0.05) is 68.2 Å². The molecule has 0 aliphatic carbocycles. The van der Waals surface area contributed by atoms with Crippen LogP contribution in [0.3, 0.4) is 0 Å². The van der Waals surface area contributed by atoms with Gasteiger partial charge < -0.3 is 28.3 Å². The first-order valence-corrected chi connectivity index (χ1v) is 30.8. The monoisotopic (exact) mass is 1130 g/mol. The minimum Gasteiger partial charge on any atom is -0.458 e. The van der Waals surface area contributed by atoms with Crippen LogP contribution >= 0.6 is 0 Å². The fraction of sp³-hybridized carbons (Fsp3) is 0.100. The maximum atomic E-state index is 7.40. The van der Waals surface area contributed by atoms with Crippen molar-refractivity contribution in [1.82, 2.24) is 0 Å². The van der Waals surface area contributed by atoms with E-state index in [1.54, 1.807) is 0 Å². The molecule has 0 fully saturated rings. The Morgan fingerprint density at radius 3 is 1.39 bits per heavy atom. The van der Waals surface area contributed by atoms with Crippen LogP contribution in [-0.2, 0) is 10.8 Å². The van der Waals surface area contributed by atoms with Crippen molar-refractivity contribution in [3.05, 3.63) is 260 Å². The Kier molecular flexibility index (Phi) is 10.7. The van der Waals surface area contributed by atoms with Crippen molar-refractivity contribution in [1.29, 1.82) is 0 Å². The summed E-state index contributed by atoms with van der Waals surface area (Å²) in [6.45, 7) is 13.3. The van der Waals surface area contributed by atoms with E-state index in [0.717, 1.165) is 140 Å². The molecule has 418 valence electrons. The lowest BCUT2D eigenvalue weighted by molar-refractivity contribution is 0.493. The molecular formula is C80H59B2N3O3. The van der Waals surface area contributed by atoms with Gasteiger partial charge in [0.25, 0.3) is 13.4 Å². The second kappa shape index (κ2) is 18.5. The van der Waals surface area contributed by atoms with Gasteiger partial charge in [-0.05, 0) is 120 Å². The minimum absolute atomic E-state index is 0.00999. The van der Waals surface area contributed by atoms with Crippen LogP contribution in [0.25, 0.3) is 66.1 Å². The van der Waals surface area contributed by atoms with Crippen molar-refractivity contribution in [2.45, 2.75) is 52.4 Å². The van der Waals surface area contributed by atoms with E-state index in [4.69, 9.17) is 13.6 Å². The topological polar surface area (TPSA) is 45.2 Å². The summed E-state index contributed by atoms with van der Waals surface area (Å²) < 4.78 is 21.5. The smallest absolute Gasteiger partial charge is 0.256 e. The number of benzene rings is 12. The molecule has 14 aromatic rings. The van der Waals surface area contributed by atoms with Crippen molar-refractivity contribution in [3.63, 3.8) is 0 Å². The van der Waals surface area contributed by atoms with E-state index in [2.05, 4.69) is 305 Å². The van der Waals surface area contributed by atoms with Gasteiger partial charge in [0.2, 0.25) is 0 Å². The second-order valence-corrected chi connectivity index (χ2v) is 26.3. The normalized spacial score (nSPS) is 13.8. The molecular weight excluding hydrogens is 1070 g/mol. The van der Waals surface area contributed by atoms with E-state index in [0.29, 0.717) is 0 Å². The highest BCUT2D eigenvalue weighted by Crippen LogP contribution is 2.54. The maximum Gasteiger partial charge on any atom is 0.256 e. The number of hydrogen-bond acceptors (Lipinski definition) is 6. The van der Waals surface area contributed by atoms with E-state index in [9.17, 15) is 0 Å². The predicted octanol–water partition coefficient (Wildman–Crippen LogP) is 17.9. The fourth-order valence-electron chi connectivity index (χ4n) is 15.1. The molecule has 8 heteroatoms. The molecule has 0 unspecified atom stereocenters. The Hall–Kier alpha value is -10.4. The van der Waals surface area contributed by atoms with E-state index in [1.165, 1.54) is 33.0 Å². The third-order valence-electron chi connectivity index (χ3n) is 19.2. The molecule has 0 saturated heterocycles. The van der Waals surface area contributed by atoms with Crippen molar-refractivity contribution in [2.24, 2.45) is 0 Å². The summed E-state index contributed by atoms with van der Waals surface area (Å²) in [7, 11) is 0. The van der Waals surface area contributed by atoms with Crippen molar-refractivity contribution < 1.29 is 13.6 Å². The first-order valence-electron chi connectivity index (χ1n) is 30.8. The molecule has 0 atom stereocenters. The molecule has 12 aromatic carbocycles. The molecule has 0 spiro atoms. The highest BCUT2D eigenvalue weighted by Gasteiger charge is 2.49. The summed E-state index contributed by atoms with van der Waals surface area (Å²) in [5.74, 6) is 1.68. The second-order valence-electron chi connectivity index (χ2n) is 26.3. The average Bonchev–Trinajstić information content (AvgIpc) is 1.27. The van der Waals surface area contributed by atoms with E-state index < -0.39 is 0 Å². The number of ether oxygens (including phenoxy) is 1. The van der Waals surface area contributed by atoms with Gasteiger partial charge in [-0.3, -0.25) is 0 Å². The Bertz CT molecular complexity index is 5240. The van der Waals surface area contributed by atoms with Gasteiger partial charge >= 0.3 is 0 Å². The predicted molar refractivity (Wildman–Crippen MR) is 369 cm³/mol. The molecule has 88 heavy (non-hydrogen) atoms. The fourth-order valence-corrected chi connectivity index (χ4v) is 15.1. The van der Waals surface area contributed by atoms with Crippen LogP contribution < -0.4 is 52.2 Å². The minimum atomic E-state index is -0.231. The number of furan rings is 2. The summed E-state index contributed by atoms with van der Waals surface area (Å²) in [6, 6.07) is 91.9. The molecule has 18 rings (SSSR count). The van der Waals surface area contributed by atoms with Crippen LogP contribution in [-0.4, -0.2) is 13.4 Å². The van der Waals surface area contributed by atoms with Gasteiger partial charge in [-0.2, -0.15) is 0 Å². The summed E-state index contributed by atoms with van der Waals surface area (Å²) in [4.78, 5) is 7.63. The maximum absolute atomic E-state index is 7.40. The Morgan fingerprint density at radius 1 is 0.330 bits per heavy atom. The first kappa shape index (κ1) is 50.9.